The van der Waals surface area contributed by atoms with Crippen LogP contribution in [-0.4, -0.2) is 48.1 Å². The largest absolute Gasteiger partial charge is 0.353 e. The molecule has 2 aromatic rings. The molecule has 0 saturated heterocycles. The van der Waals surface area contributed by atoms with Gasteiger partial charge >= 0.3 is 0 Å². The highest BCUT2D eigenvalue weighted by molar-refractivity contribution is 5.50. The normalized spacial score (nSPS) is 19.5. The second-order valence-electron chi connectivity index (χ2n) is 7.93. The molecule has 1 aromatic heterocycles. The van der Waals surface area contributed by atoms with Crippen LogP contribution < -0.4 is 10.2 Å². The van der Waals surface area contributed by atoms with Gasteiger partial charge in [0, 0.05) is 37.7 Å². The molecule has 2 heterocycles. The summed E-state index contributed by atoms with van der Waals surface area (Å²) in [5.74, 6) is 2.46. The van der Waals surface area contributed by atoms with Gasteiger partial charge in [0.2, 0.25) is 5.95 Å². The van der Waals surface area contributed by atoms with Crippen molar-refractivity contribution in [2.75, 3.05) is 37.4 Å². The number of anilines is 2. The van der Waals surface area contributed by atoms with Crippen LogP contribution in [0.15, 0.2) is 30.3 Å². The predicted molar refractivity (Wildman–Crippen MR) is 107 cm³/mol. The topological polar surface area (TPSA) is 44.3 Å². The minimum atomic E-state index is 0.446. The van der Waals surface area contributed by atoms with Crippen LogP contribution in [0.5, 0.6) is 0 Å². The molecule has 0 spiro atoms. The minimum Gasteiger partial charge on any atom is -0.353 e. The predicted octanol–water partition coefficient (Wildman–Crippen LogP) is 3.28. The Balaban J connectivity index is 1.59. The Labute approximate surface area is 156 Å². The fraction of sp³-hybridized carbons (Fsp3) is 0.524. The van der Waals surface area contributed by atoms with E-state index in [1.165, 1.54) is 29.7 Å². The lowest BCUT2D eigenvalue weighted by Crippen LogP contribution is -2.39. The summed E-state index contributed by atoms with van der Waals surface area (Å²) in [4.78, 5) is 14.3. The van der Waals surface area contributed by atoms with Crippen LogP contribution in [-0.2, 0) is 13.0 Å². The maximum absolute atomic E-state index is 4.87. The fourth-order valence-corrected chi connectivity index (χ4v) is 3.64. The highest BCUT2D eigenvalue weighted by Crippen LogP contribution is 2.40. The second kappa shape index (κ2) is 7.23. The van der Waals surface area contributed by atoms with Crippen LogP contribution in [0, 0.1) is 0 Å². The Kier molecular flexibility index (Phi) is 4.81. The first-order valence-electron chi connectivity index (χ1n) is 9.71. The Morgan fingerprint density at radius 1 is 1.15 bits per heavy atom. The molecule has 2 aliphatic rings. The van der Waals surface area contributed by atoms with Gasteiger partial charge in [-0.3, -0.25) is 0 Å². The maximum atomic E-state index is 4.87. The van der Waals surface area contributed by atoms with Gasteiger partial charge in [0.1, 0.15) is 5.82 Å². The molecule has 0 radical (unpaired) electrons. The molecule has 138 valence electrons. The smallest absolute Gasteiger partial charge is 0.224 e. The van der Waals surface area contributed by atoms with Crippen molar-refractivity contribution in [1.29, 1.82) is 0 Å². The van der Waals surface area contributed by atoms with Crippen LogP contribution in [0.2, 0.25) is 0 Å². The van der Waals surface area contributed by atoms with E-state index in [4.69, 9.17) is 9.97 Å². The van der Waals surface area contributed by atoms with Crippen LogP contribution in [0.4, 0.5) is 11.8 Å². The summed E-state index contributed by atoms with van der Waals surface area (Å²) in [6.45, 7) is 5.06. The monoisotopic (exact) mass is 351 g/mol. The van der Waals surface area contributed by atoms with Gasteiger partial charge in [-0.15, -0.1) is 0 Å². The Morgan fingerprint density at radius 3 is 2.65 bits per heavy atom. The van der Waals surface area contributed by atoms with Gasteiger partial charge in [0.15, 0.2) is 0 Å². The van der Waals surface area contributed by atoms with Crippen molar-refractivity contribution in [3.8, 4) is 0 Å². The fourth-order valence-electron chi connectivity index (χ4n) is 3.64. The summed E-state index contributed by atoms with van der Waals surface area (Å²) >= 11 is 0. The van der Waals surface area contributed by atoms with Crippen molar-refractivity contribution in [3.63, 3.8) is 0 Å². The van der Waals surface area contributed by atoms with Crippen molar-refractivity contribution in [2.24, 2.45) is 0 Å². The zero-order valence-corrected chi connectivity index (χ0v) is 16.1. The molecule has 1 aliphatic carbocycles. The van der Waals surface area contributed by atoms with Gasteiger partial charge in [0.25, 0.3) is 0 Å². The number of fused-ring (bicyclic) bond motifs is 1. The molecule has 1 saturated carbocycles. The minimum absolute atomic E-state index is 0.446. The first-order valence-corrected chi connectivity index (χ1v) is 9.71. The number of nitrogens with one attached hydrogen (secondary N) is 1. The first-order chi connectivity index (χ1) is 12.6. The maximum Gasteiger partial charge on any atom is 0.224 e. The lowest BCUT2D eigenvalue weighted by atomic mass is 9.95. The van der Waals surface area contributed by atoms with Crippen LogP contribution in [0.1, 0.15) is 42.5 Å². The van der Waals surface area contributed by atoms with E-state index in [1.807, 2.05) is 0 Å². The number of hydrogen-bond donors (Lipinski definition) is 1. The van der Waals surface area contributed by atoms with Crippen molar-refractivity contribution < 1.29 is 0 Å². The standard InChI is InChI=1S/C21H29N5/c1-15-12-17-6-4-5-7-18(17)14-26(15)20-13-19(16-8-9-16)23-21(24-20)22-10-11-25(2)3/h4-7,13,15-16H,8-12,14H2,1-3H3,(H,22,23,24)/t15-/m1/s1. The van der Waals surface area contributed by atoms with E-state index in [9.17, 15) is 0 Å². The summed E-state index contributed by atoms with van der Waals surface area (Å²) in [5.41, 5.74) is 4.09. The van der Waals surface area contributed by atoms with E-state index >= 15 is 0 Å². The molecule has 0 amide bonds. The average molecular weight is 351 g/mol. The van der Waals surface area contributed by atoms with Gasteiger partial charge < -0.3 is 15.1 Å². The molecule has 5 heteroatoms. The summed E-state index contributed by atoms with van der Waals surface area (Å²) < 4.78 is 0. The molecule has 5 nitrogen and oxygen atoms in total. The Bertz CT molecular complexity index is 769. The van der Waals surface area contributed by atoms with E-state index in [2.05, 4.69) is 66.5 Å². The zero-order valence-electron chi connectivity index (χ0n) is 16.1. The molecule has 26 heavy (non-hydrogen) atoms. The van der Waals surface area contributed by atoms with Crippen molar-refractivity contribution in [2.45, 2.75) is 44.7 Å². The van der Waals surface area contributed by atoms with Gasteiger partial charge in [0.05, 0.1) is 5.69 Å². The molecule has 4 rings (SSSR count). The third kappa shape index (κ3) is 3.83. The van der Waals surface area contributed by atoms with Crippen molar-refractivity contribution in [1.82, 2.24) is 14.9 Å². The second-order valence-corrected chi connectivity index (χ2v) is 7.93. The highest BCUT2D eigenvalue weighted by Gasteiger charge is 2.29. The lowest BCUT2D eigenvalue weighted by Gasteiger charge is -2.36. The highest BCUT2D eigenvalue weighted by atomic mass is 15.3. The zero-order chi connectivity index (χ0) is 18.1. The number of nitrogens with zero attached hydrogens (tertiary/aromatic N) is 4. The summed E-state index contributed by atoms with van der Waals surface area (Å²) in [6.07, 6.45) is 3.58. The summed E-state index contributed by atoms with van der Waals surface area (Å²) in [5, 5.41) is 3.42. The Morgan fingerprint density at radius 2 is 1.92 bits per heavy atom. The van der Waals surface area contributed by atoms with Crippen LogP contribution >= 0.6 is 0 Å². The number of benzene rings is 1. The average Bonchev–Trinajstić information content (AvgIpc) is 3.46. The lowest BCUT2D eigenvalue weighted by molar-refractivity contribution is 0.425. The quantitative estimate of drug-likeness (QED) is 0.865. The van der Waals surface area contributed by atoms with Crippen molar-refractivity contribution in [3.05, 3.63) is 47.2 Å². The van der Waals surface area contributed by atoms with Gasteiger partial charge in [-0.1, -0.05) is 24.3 Å². The van der Waals surface area contributed by atoms with E-state index in [0.717, 1.165) is 37.8 Å². The molecule has 1 aliphatic heterocycles. The molecule has 1 N–H and O–H groups in total. The molecule has 1 fully saturated rings. The number of likely N-dealkylation sites (N-methyl/N-ethyl adjacent to an activating group) is 1. The third-order valence-electron chi connectivity index (χ3n) is 5.37. The molecular weight excluding hydrogens is 322 g/mol. The summed E-state index contributed by atoms with van der Waals surface area (Å²) in [7, 11) is 4.17. The number of aromatic nitrogens is 2. The van der Waals surface area contributed by atoms with Gasteiger partial charge in [-0.05, 0) is 51.4 Å². The van der Waals surface area contributed by atoms with E-state index in [0.29, 0.717) is 12.0 Å². The van der Waals surface area contributed by atoms with Gasteiger partial charge in [-0.2, -0.15) is 4.98 Å². The summed E-state index contributed by atoms with van der Waals surface area (Å²) in [6, 6.07) is 11.4. The molecule has 0 unspecified atom stereocenters. The third-order valence-corrected chi connectivity index (χ3v) is 5.37. The van der Waals surface area contributed by atoms with Gasteiger partial charge in [-0.25, -0.2) is 4.98 Å². The van der Waals surface area contributed by atoms with Crippen LogP contribution in [0.25, 0.3) is 0 Å². The molecular formula is C21H29N5. The van der Waals surface area contributed by atoms with E-state index in [-0.39, 0.29) is 0 Å². The SMILES string of the molecule is C[C@@H]1Cc2ccccc2CN1c1cc(C2CC2)nc(NCCN(C)C)n1. The molecule has 1 atom stereocenters. The van der Waals surface area contributed by atoms with Crippen molar-refractivity contribution >= 4 is 11.8 Å². The number of rotatable bonds is 6. The van der Waals surface area contributed by atoms with E-state index < -0.39 is 0 Å². The van der Waals surface area contributed by atoms with E-state index in [1.54, 1.807) is 0 Å². The molecule has 0 bridgehead atoms. The molecule has 1 aromatic carbocycles. The number of hydrogen-bond acceptors (Lipinski definition) is 5. The van der Waals surface area contributed by atoms with Crippen LogP contribution in [0.3, 0.4) is 0 Å². The first kappa shape index (κ1) is 17.3. The Hall–Kier alpha value is -2.14.